The maximum atomic E-state index is 12.4. The summed E-state index contributed by atoms with van der Waals surface area (Å²) in [6, 6.07) is 7.49. The van der Waals surface area contributed by atoms with E-state index in [1.54, 1.807) is 0 Å². The van der Waals surface area contributed by atoms with Crippen molar-refractivity contribution < 1.29 is 14.3 Å². The number of benzene rings is 1. The minimum absolute atomic E-state index is 0.163. The number of hydrogen-bond donors (Lipinski definition) is 0. The second-order valence-electron chi connectivity index (χ2n) is 6.44. The Balaban J connectivity index is 1.43. The SMILES string of the molecule is O=C(C[C@@H]1CCCOC1)N1CCC(Oc2cccc(Cl)c2)CC1. The van der Waals surface area contributed by atoms with Crippen molar-refractivity contribution in [2.24, 2.45) is 5.92 Å². The summed E-state index contributed by atoms with van der Waals surface area (Å²) < 4.78 is 11.4. The predicted molar refractivity (Wildman–Crippen MR) is 89.8 cm³/mol. The molecule has 0 saturated carbocycles. The average Bonchev–Trinajstić information content (AvgIpc) is 2.56. The zero-order valence-corrected chi connectivity index (χ0v) is 14.1. The molecule has 0 radical (unpaired) electrons. The highest BCUT2D eigenvalue weighted by atomic mass is 35.5. The lowest BCUT2D eigenvalue weighted by molar-refractivity contribution is -0.135. The van der Waals surface area contributed by atoms with E-state index in [0.29, 0.717) is 17.4 Å². The zero-order chi connectivity index (χ0) is 16.1. The van der Waals surface area contributed by atoms with E-state index in [0.717, 1.165) is 57.7 Å². The van der Waals surface area contributed by atoms with Crippen LogP contribution >= 0.6 is 11.6 Å². The molecule has 0 N–H and O–H groups in total. The van der Waals surface area contributed by atoms with Crippen molar-refractivity contribution in [2.75, 3.05) is 26.3 Å². The number of nitrogens with zero attached hydrogens (tertiary/aromatic N) is 1. The van der Waals surface area contributed by atoms with E-state index in [4.69, 9.17) is 21.1 Å². The fraction of sp³-hybridized carbons (Fsp3) is 0.611. The van der Waals surface area contributed by atoms with E-state index >= 15 is 0 Å². The minimum atomic E-state index is 0.163. The van der Waals surface area contributed by atoms with Gasteiger partial charge in [-0.25, -0.2) is 0 Å². The van der Waals surface area contributed by atoms with E-state index in [9.17, 15) is 4.79 Å². The Morgan fingerprint density at radius 2 is 2.13 bits per heavy atom. The van der Waals surface area contributed by atoms with Crippen molar-refractivity contribution in [3.05, 3.63) is 29.3 Å². The lowest BCUT2D eigenvalue weighted by Crippen LogP contribution is -2.42. The van der Waals surface area contributed by atoms with Gasteiger partial charge in [0.05, 0.1) is 0 Å². The molecule has 1 aromatic carbocycles. The van der Waals surface area contributed by atoms with Crippen LogP contribution in [-0.4, -0.2) is 43.2 Å². The largest absolute Gasteiger partial charge is 0.490 e. The number of ether oxygens (including phenoxy) is 2. The molecule has 3 rings (SSSR count). The summed E-state index contributed by atoms with van der Waals surface area (Å²) in [6.07, 6.45) is 4.72. The topological polar surface area (TPSA) is 38.8 Å². The molecule has 2 heterocycles. The van der Waals surface area contributed by atoms with Gasteiger partial charge in [0.25, 0.3) is 0 Å². The molecule has 2 saturated heterocycles. The Bertz CT molecular complexity index is 523. The summed E-state index contributed by atoms with van der Waals surface area (Å²) in [7, 11) is 0. The van der Waals surface area contributed by atoms with Crippen molar-refractivity contribution in [3.63, 3.8) is 0 Å². The smallest absolute Gasteiger partial charge is 0.222 e. The highest BCUT2D eigenvalue weighted by Crippen LogP contribution is 2.23. The number of amides is 1. The molecule has 2 aliphatic heterocycles. The minimum Gasteiger partial charge on any atom is -0.490 e. The molecule has 0 unspecified atom stereocenters. The first-order valence-electron chi connectivity index (χ1n) is 8.48. The molecule has 0 aromatic heterocycles. The highest BCUT2D eigenvalue weighted by molar-refractivity contribution is 6.30. The summed E-state index contributed by atoms with van der Waals surface area (Å²) in [5, 5.41) is 0.685. The summed E-state index contributed by atoms with van der Waals surface area (Å²) in [5.74, 6) is 1.47. The number of carbonyl (C=O) groups excluding carboxylic acids is 1. The van der Waals surface area contributed by atoms with Gasteiger partial charge < -0.3 is 14.4 Å². The van der Waals surface area contributed by atoms with E-state index in [1.165, 1.54) is 0 Å². The third kappa shape index (κ3) is 4.85. The maximum absolute atomic E-state index is 12.4. The van der Waals surface area contributed by atoms with Crippen LogP contribution in [0, 0.1) is 5.92 Å². The molecular weight excluding hydrogens is 314 g/mol. The van der Waals surface area contributed by atoms with Crippen LogP contribution < -0.4 is 4.74 Å². The van der Waals surface area contributed by atoms with Crippen molar-refractivity contribution >= 4 is 17.5 Å². The standard InChI is InChI=1S/C18H24ClNO3/c19-15-4-1-5-17(12-15)23-16-6-8-20(9-7-16)18(21)11-14-3-2-10-22-13-14/h1,4-5,12,14,16H,2-3,6-11,13H2/t14-/m0/s1. The lowest BCUT2D eigenvalue weighted by Gasteiger charge is -2.33. The summed E-state index contributed by atoms with van der Waals surface area (Å²) in [4.78, 5) is 14.4. The molecule has 5 heteroatoms. The first kappa shape index (κ1) is 16.6. The average molecular weight is 338 g/mol. The van der Waals surface area contributed by atoms with E-state index in [1.807, 2.05) is 29.2 Å². The van der Waals surface area contributed by atoms with Crippen LogP contribution in [0.2, 0.25) is 5.02 Å². The van der Waals surface area contributed by atoms with Crippen LogP contribution in [0.3, 0.4) is 0 Å². The Morgan fingerprint density at radius 1 is 1.30 bits per heavy atom. The van der Waals surface area contributed by atoms with Gasteiger partial charge in [0, 0.05) is 50.6 Å². The van der Waals surface area contributed by atoms with Crippen LogP contribution in [0.5, 0.6) is 5.75 Å². The zero-order valence-electron chi connectivity index (χ0n) is 13.4. The Hall–Kier alpha value is -1.26. The first-order chi connectivity index (χ1) is 11.2. The van der Waals surface area contributed by atoms with Crippen molar-refractivity contribution in [1.82, 2.24) is 4.90 Å². The van der Waals surface area contributed by atoms with Crippen LogP contribution in [0.15, 0.2) is 24.3 Å². The maximum Gasteiger partial charge on any atom is 0.222 e. The second-order valence-corrected chi connectivity index (χ2v) is 6.88. The van der Waals surface area contributed by atoms with E-state index < -0.39 is 0 Å². The predicted octanol–water partition coefficient (Wildman–Crippen LogP) is 3.53. The number of carbonyl (C=O) groups is 1. The monoisotopic (exact) mass is 337 g/mol. The molecule has 1 amide bonds. The molecule has 4 nitrogen and oxygen atoms in total. The van der Waals surface area contributed by atoms with Gasteiger partial charge in [-0.2, -0.15) is 0 Å². The van der Waals surface area contributed by atoms with Crippen molar-refractivity contribution in [2.45, 2.75) is 38.2 Å². The molecule has 2 fully saturated rings. The van der Waals surface area contributed by atoms with Crippen molar-refractivity contribution in [1.29, 1.82) is 0 Å². The van der Waals surface area contributed by atoms with E-state index in [-0.39, 0.29) is 12.0 Å². The third-order valence-electron chi connectivity index (χ3n) is 4.61. The molecule has 2 aliphatic rings. The van der Waals surface area contributed by atoms with Gasteiger partial charge in [0.15, 0.2) is 0 Å². The van der Waals surface area contributed by atoms with Gasteiger partial charge in [-0.3, -0.25) is 4.79 Å². The molecule has 1 aromatic rings. The molecule has 1 atom stereocenters. The Kier molecular flexibility index (Phi) is 5.79. The first-order valence-corrected chi connectivity index (χ1v) is 8.86. The fourth-order valence-electron chi connectivity index (χ4n) is 3.30. The van der Waals surface area contributed by atoms with Crippen LogP contribution in [0.4, 0.5) is 0 Å². The second kappa shape index (κ2) is 8.02. The lowest BCUT2D eigenvalue weighted by atomic mass is 9.97. The molecule has 0 bridgehead atoms. The normalized spacial score (nSPS) is 22.8. The quantitative estimate of drug-likeness (QED) is 0.843. The van der Waals surface area contributed by atoms with Gasteiger partial charge in [-0.05, 0) is 37.0 Å². The van der Waals surface area contributed by atoms with Gasteiger partial charge >= 0.3 is 0 Å². The number of likely N-dealkylation sites (tertiary alicyclic amines) is 1. The van der Waals surface area contributed by atoms with Crippen LogP contribution in [0.1, 0.15) is 32.1 Å². The number of hydrogen-bond acceptors (Lipinski definition) is 3. The van der Waals surface area contributed by atoms with Crippen LogP contribution in [-0.2, 0) is 9.53 Å². The molecule has 23 heavy (non-hydrogen) atoms. The fourth-order valence-corrected chi connectivity index (χ4v) is 3.48. The Morgan fingerprint density at radius 3 is 2.83 bits per heavy atom. The Labute approximate surface area is 142 Å². The van der Waals surface area contributed by atoms with Gasteiger partial charge in [-0.15, -0.1) is 0 Å². The number of halogens is 1. The molecular formula is C18H24ClNO3. The number of piperidine rings is 1. The summed E-state index contributed by atoms with van der Waals surface area (Å²) in [5.41, 5.74) is 0. The molecule has 126 valence electrons. The highest BCUT2D eigenvalue weighted by Gasteiger charge is 2.26. The van der Waals surface area contributed by atoms with Gasteiger partial charge in [0.2, 0.25) is 5.91 Å². The summed E-state index contributed by atoms with van der Waals surface area (Å²) >= 11 is 5.98. The molecule has 0 aliphatic carbocycles. The van der Waals surface area contributed by atoms with Gasteiger partial charge in [0.1, 0.15) is 11.9 Å². The van der Waals surface area contributed by atoms with E-state index in [2.05, 4.69) is 0 Å². The third-order valence-corrected chi connectivity index (χ3v) is 4.85. The van der Waals surface area contributed by atoms with Crippen molar-refractivity contribution in [3.8, 4) is 5.75 Å². The number of rotatable bonds is 4. The summed E-state index contributed by atoms with van der Waals surface area (Å²) in [6.45, 7) is 3.13. The van der Waals surface area contributed by atoms with Crippen LogP contribution in [0.25, 0.3) is 0 Å². The molecule has 0 spiro atoms. The van der Waals surface area contributed by atoms with Gasteiger partial charge in [-0.1, -0.05) is 17.7 Å².